The van der Waals surface area contributed by atoms with Gasteiger partial charge in [-0.2, -0.15) is 0 Å². The summed E-state index contributed by atoms with van der Waals surface area (Å²) < 4.78 is 0. The highest BCUT2D eigenvalue weighted by Gasteiger charge is 2.13. The van der Waals surface area contributed by atoms with Gasteiger partial charge in [0.2, 0.25) is 0 Å². The Hall–Kier alpha value is -3.12. The molecule has 0 aliphatic heterocycles. The zero-order valence-electron chi connectivity index (χ0n) is 13.6. The molecule has 2 aromatic carbocycles. The van der Waals surface area contributed by atoms with Gasteiger partial charge < -0.3 is 10.2 Å². The summed E-state index contributed by atoms with van der Waals surface area (Å²) in [6.45, 7) is 0. The van der Waals surface area contributed by atoms with E-state index in [1.165, 1.54) is 0 Å². The summed E-state index contributed by atoms with van der Waals surface area (Å²) in [7, 11) is 3.89. The maximum absolute atomic E-state index is 12.2. The molecule has 124 valence electrons. The molecule has 0 aromatic heterocycles. The molecule has 0 atom stereocenters. The van der Waals surface area contributed by atoms with E-state index in [2.05, 4.69) is 5.32 Å². The average molecular weight is 324 g/mol. The van der Waals surface area contributed by atoms with E-state index in [1.54, 1.807) is 30.3 Å². The van der Waals surface area contributed by atoms with Crippen LogP contribution in [0.5, 0.6) is 0 Å². The number of nitrogens with two attached hydrogens (primary N) is 1. The van der Waals surface area contributed by atoms with Crippen molar-refractivity contribution in [3.8, 4) is 0 Å². The van der Waals surface area contributed by atoms with Gasteiger partial charge in [0, 0.05) is 25.3 Å². The van der Waals surface area contributed by atoms with Crippen LogP contribution >= 0.6 is 0 Å². The summed E-state index contributed by atoms with van der Waals surface area (Å²) in [4.78, 5) is 26.1. The lowest BCUT2D eigenvalue weighted by molar-refractivity contribution is -0.117. The fraction of sp³-hybridized carbons (Fsp3) is 0.111. The minimum Gasteiger partial charge on any atom is -0.378 e. The van der Waals surface area contributed by atoms with Crippen LogP contribution in [0, 0.1) is 0 Å². The van der Waals surface area contributed by atoms with Gasteiger partial charge in [0.05, 0.1) is 0 Å². The van der Waals surface area contributed by atoms with E-state index in [0.29, 0.717) is 5.56 Å². The topological polar surface area (TPSA) is 87.5 Å². The Bertz CT molecular complexity index is 737. The number of hydrogen-bond acceptors (Lipinski definition) is 4. The number of anilines is 1. The van der Waals surface area contributed by atoms with E-state index in [4.69, 9.17) is 5.84 Å². The van der Waals surface area contributed by atoms with Gasteiger partial charge in [-0.05, 0) is 35.9 Å². The number of rotatable bonds is 5. The van der Waals surface area contributed by atoms with Crippen molar-refractivity contribution >= 4 is 23.6 Å². The summed E-state index contributed by atoms with van der Waals surface area (Å²) in [6.07, 6.45) is 1.57. The molecule has 24 heavy (non-hydrogen) atoms. The molecule has 0 aliphatic rings. The van der Waals surface area contributed by atoms with E-state index in [-0.39, 0.29) is 11.6 Å². The summed E-state index contributed by atoms with van der Waals surface area (Å²) >= 11 is 0. The van der Waals surface area contributed by atoms with Crippen molar-refractivity contribution in [2.24, 2.45) is 5.84 Å². The SMILES string of the molecule is CN(C)c1ccc(/C=C(\NC(=O)c2ccccc2)C(=O)NN)cc1. The molecular formula is C18H20N4O2. The lowest BCUT2D eigenvalue weighted by atomic mass is 10.1. The largest absolute Gasteiger partial charge is 0.378 e. The number of hydrazine groups is 1. The predicted octanol–water partition coefficient (Wildman–Crippen LogP) is 1.51. The summed E-state index contributed by atoms with van der Waals surface area (Å²) in [5.74, 6) is 4.25. The highest BCUT2D eigenvalue weighted by Crippen LogP contribution is 2.14. The van der Waals surface area contributed by atoms with Crippen LogP contribution in [0.3, 0.4) is 0 Å². The first-order valence-corrected chi connectivity index (χ1v) is 7.37. The van der Waals surface area contributed by atoms with E-state index < -0.39 is 5.91 Å². The van der Waals surface area contributed by atoms with E-state index >= 15 is 0 Å². The first-order chi connectivity index (χ1) is 11.5. The summed E-state index contributed by atoms with van der Waals surface area (Å²) in [5, 5.41) is 2.59. The number of nitrogens with one attached hydrogen (secondary N) is 2. The van der Waals surface area contributed by atoms with Gasteiger partial charge in [-0.3, -0.25) is 15.0 Å². The Morgan fingerprint density at radius 2 is 1.62 bits per heavy atom. The third-order valence-corrected chi connectivity index (χ3v) is 3.38. The van der Waals surface area contributed by atoms with Crippen molar-refractivity contribution in [1.82, 2.24) is 10.7 Å². The fourth-order valence-corrected chi connectivity index (χ4v) is 2.06. The average Bonchev–Trinajstić information content (AvgIpc) is 2.61. The van der Waals surface area contributed by atoms with Crippen LogP contribution in [0.25, 0.3) is 6.08 Å². The molecule has 0 aliphatic carbocycles. The van der Waals surface area contributed by atoms with Crippen LogP contribution in [0.15, 0.2) is 60.3 Å². The molecule has 2 rings (SSSR count). The van der Waals surface area contributed by atoms with Crippen molar-refractivity contribution in [2.75, 3.05) is 19.0 Å². The third-order valence-electron chi connectivity index (χ3n) is 3.38. The smallest absolute Gasteiger partial charge is 0.281 e. The first-order valence-electron chi connectivity index (χ1n) is 7.37. The summed E-state index contributed by atoms with van der Waals surface area (Å²) in [6, 6.07) is 16.2. The first kappa shape index (κ1) is 17.2. The standard InChI is InChI=1S/C18H20N4O2/c1-22(2)15-10-8-13(9-11-15)12-16(18(24)21-19)20-17(23)14-6-4-3-5-7-14/h3-12H,19H2,1-2H3,(H,20,23)(H,21,24)/b16-12-. The monoisotopic (exact) mass is 324 g/mol. The highest BCUT2D eigenvalue weighted by atomic mass is 16.2. The number of carbonyl (C=O) groups is 2. The molecule has 0 heterocycles. The lowest BCUT2D eigenvalue weighted by Gasteiger charge is -2.12. The van der Waals surface area contributed by atoms with Crippen LogP contribution in [0.4, 0.5) is 5.69 Å². The maximum Gasteiger partial charge on any atom is 0.281 e. The quantitative estimate of drug-likeness (QED) is 0.337. The Kier molecular flexibility index (Phi) is 5.70. The number of carbonyl (C=O) groups excluding carboxylic acids is 2. The second-order valence-corrected chi connectivity index (χ2v) is 5.34. The summed E-state index contributed by atoms with van der Waals surface area (Å²) in [5.41, 5.74) is 4.37. The normalized spacial score (nSPS) is 10.9. The lowest BCUT2D eigenvalue weighted by Crippen LogP contribution is -2.38. The van der Waals surface area contributed by atoms with Crippen LogP contribution in [-0.4, -0.2) is 25.9 Å². The Balaban J connectivity index is 2.24. The second kappa shape index (κ2) is 7.94. The number of amides is 2. The van der Waals surface area contributed by atoms with Gasteiger partial charge >= 0.3 is 0 Å². The van der Waals surface area contributed by atoms with Crippen LogP contribution in [0.2, 0.25) is 0 Å². The fourth-order valence-electron chi connectivity index (χ4n) is 2.06. The number of hydrogen-bond donors (Lipinski definition) is 3. The van der Waals surface area contributed by atoms with Crippen molar-refractivity contribution in [3.63, 3.8) is 0 Å². The van der Waals surface area contributed by atoms with Crippen molar-refractivity contribution < 1.29 is 9.59 Å². The van der Waals surface area contributed by atoms with Gasteiger partial charge in [0.25, 0.3) is 11.8 Å². The predicted molar refractivity (Wildman–Crippen MR) is 95.0 cm³/mol. The third kappa shape index (κ3) is 4.44. The van der Waals surface area contributed by atoms with Crippen LogP contribution in [-0.2, 0) is 4.79 Å². The molecule has 6 nitrogen and oxygen atoms in total. The molecule has 0 unspecified atom stereocenters. The van der Waals surface area contributed by atoms with Gasteiger partial charge in [-0.1, -0.05) is 30.3 Å². The van der Waals surface area contributed by atoms with Gasteiger partial charge in [-0.15, -0.1) is 0 Å². The molecule has 0 fully saturated rings. The number of nitrogens with zero attached hydrogens (tertiary/aromatic N) is 1. The molecule has 0 saturated heterocycles. The Labute approximate surface area is 140 Å². The van der Waals surface area contributed by atoms with Crippen molar-refractivity contribution in [1.29, 1.82) is 0 Å². The second-order valence-electron chi connectivity index (χ2n) is 5.34. The molecule has 0 spiro atoms. The highest BCUT2D eigenvalue weighted by molar-refractivity contribution is 6.05. The van der Waals surface area contributed by atoms with Crippen molar-refractivity contribution in [2.45, 2.75) is 0 Å². The Morgan fingerprint density at radius 3 is 2.17 bits per heavy atom. The molecule has 0 bridgehead atoms. The molecule has 4 N–H and O–H groups in total. The zero-order valence-corrected chi connectivity index (χ0v) is 13.6. The molecular weight excluding hydrogens is 304 g/mol. The molecule has 0 saturated carbocycles. The van der Waals surface area contributed by atoms with Gasteiger partial charge in [0.1, 0.15) is 5.70 Å². The van der Waals surface area contributed by atoms with E-state index in [9.17, 15) is 9.59 Å². The van der Waals surface area contributed by atoms with E-state index in [0.717, 1.165) is 11.3 Å². The molecule has 6 heteroatoms. The van der Waals surface area contributed by atoms with Crippen molar-refractivity contribution in [3.05, 3.63) is 71.4 Å². The molecule has 2 amide bonds. The number of benzene rings is 2. The van der Waals surface area contributed by atoms with Crippen LogP contribution < -0.4 is 21.5 Å². The molecule has 0 radical (unpaired) electrons. The minimum absolute atomic E-state index is 0.0731. The molecule has 2 aromatic rings. The van der Waals surface area contributed by atoms with Gasteiger partial charge in [-0.25, -0.2) is 5.84 Å². The van der Waals surface area contributed by atoms with E-state index in [1.807, 2.05) is 54.8 Å². The maximum atomic E-state index is 12.2. The van der Waals surface area contributed by atoms with Gasteiger partial charge in [0.15, 0.2) is 0 Å². The van der Waals surface area contributed by atoms with Crippen LogP contribution in [0.1, 0.15) is 15.9 Å². The zero-order chi connectivity index (χ0) is 17.5. The minimum atomic E-state index is -0.573. The Morgan fingerprint density at radius 1 is 1.00 bits per heavy atom.